The maximum Gasteiger partial charge on any atom is 0.416 e. The largest absolute Gasteiger partial charge is 0.416 e. The first kappa shape index (κ1) is 24.2. The maximum absolute atomic E-state index is 13.2. The predicted octanol–water partition coefficient (Wildman–Crippen LogP) is 4.95. The van der Waals surface area contributed by atoms with Crippen LogP contribution in [0.15, 0.2) is 42.5 Å². The molecule has 0 unspecified atom stereocenters. The summed E-state index contributed by atoms with van der Waals surface area (Å²) in [5.74, 6) is -1.21. The van der Waals surface area contributed by atoms with E-state index in [-0.39, 0.29) is 44.6 Å². The Bertz CT molecular complexity index is 1080. The van der Waals surface area contributed by atoms with Crippen molar-refractivity contribution in [1.29, 1.82) is 0 Å². The Labute approximate surface area is 195 Å². The number of benzene rings is 2. The van der Waals surface area contributed by atoms with Gasteiger partial charge in [-0.05, 0) is 55.3 Å². The summed E-state index contributed by atoms with van der Waals surface area (Å²) in [6.45, 7) is 0.179. The molecule has 1 spiro atoms. The second-order valence-corrected chi connectivity index (χ2v) is 8.62. The Morgan fingerprint density at radius 2 is 1.44 bits per heavy atom. The molecular weight excluding hydrogens is 488 g/mol. The van der Waals surface area contributed by atoms with Gasteiger partial charge in [0.05, 0.1) is 17.8 Å². The van der Waals surface area contributed by atoms with E-state index in [9.17, 15) is 35.9 Å². The van der Waals surface area contributed by atoms with Crippen molar-refractivity contribution in [3.05, 3.63) is 64.2 Å². The lowest BCUT2D eigenvalue weighted by Gasteiger charge is -2.43. The van der Waals surface area contributed by atoms with Crippen LogP contribution in [0.4, 0.5) is 32.0 Å². The van der Waals surface area contributed by atoms with Crippen LogP contribution in [-0.4, -0.2) is 42.0 Å². The normalized spacial score (nSPS) is 18.4. The van der Waals surface area contributed by atoms with Gasteiger partial charge in [-0.15, -0.1) is 0 Å². The van der Waals surface area contributed by atoms with Gasteiger partial charge in [0, 0.05) is 29.4 Å². The van der Waals surface area contributed by atoms with Crippen LogP contribution in [-0.2, 0) is 17.1 Å². The molecule has 0 bridgehead atoms. The van der Waals surface area contributed by atoms with E-state index in [2.05, 4.69) is 5.32 Å². The van der Waals surface area contributed by atoms with E-state index in [1.54, 1.807) is 24.3 Å². The van der Waals surface area contributed by atoms with Crippen LogP contribution in [0.25, 0.3) is 0 Å². The van der Waals surface area contributed by atoms with Crippen LogP contribution < -0.4 is 10.2 Å². The predicted molar refractivity (Wildman–Crippen MR) is 111 cm³/mol. The minimum atomic E-state index is -5.05. The molecule has 2 amide bonds. The van der Waals surface area contributed by atoms with Gasteiger partial charge < -0.3 is 15.1 Å². The van der Waals surface area contributed by atoms with Gasteiger partial charge in [0.2, 0.25) is 5.91 Å². The zero-order valence-electron chi connectivity index (χ0n) is 17.4. The van der Waals surface area contributed by atoms with Crippen LogP contribution in [0, 0.1) is 0 Å². The van der Waals surface area contributed by atoms with Gasteiger partial charge in [-0.3, -0.25) is 9.59 Å². The molecule has 12 heteroatoms. The number of carbonyl (C=O) groups excluding carboxylic acids is 2. The van der Waals surface area contributed by atoms with Crippen molar-refractivity contribution in [3.8, 4) is 0 Å². The minimum absolute atomic E-state index is 0.0190. The number of hydrogen-bond acceptors (Lipinski definition) is 3. The zero-order valence-corrected chi connectivity index (χ0v) is 18.2. The summed E-state index contributed by atoms with van der Waals surface area (Å²) in [6, 6.07) is 7.63. The third kappa shape index (κ3) is 4.40. The highest BCUT2D eigenvalue weighted by Crippen LogP contribution is 2.39. The number of nitrogens with zero attached hydrogens (tertiary/aromatic N) is 2. The lowest BCUT2D eigenvalue weighted by Crippen LogP contribution is -2.57. The zero-order chi connectivity index (χ0) is 24.9. The fourth-order valence-electron chi connectivity index (χ4n) is 4.39. The van der Waals surface area contributed by atoms with E-state index in [1.165, 1.54) is 4.90 Å². The Balaban J connectivity index is 1.58. The summed E-state index contributed by atoms with van der Waals surface area (Å²) in [6.07, 6.45) is -9.80. The molecule has 2 saturated heterocycles. The highest BCUT2D eigenvalue weighted by atomic mass is 35.5. The summed E-state index contributed by atoms with van der Waals surface area (Å²) in [4.78, 5) is 28.6. The van der Waals surface area contributed by atoms with Crippen molar-refractivity contribution in [1.82, 2.24) is 10.2 Å². The number of halogens is 7. The summed E-state index contributed by atoms with van der Waals surface area (Å²) < 4.78 is 79.0. The molecule has 2 heterocycles. The van der Waals surface area contributed by atoms with E-state index >= 15 is 0 Å². The Morgan fingerprint density at radius 3 is 1.94 bits per heavy atom. The molecule has 2 aliphatic rings. The maximum atomic E-state index is 13.2. The molecule has 5 nitrogen and oxygen atoms in total. The molecule has 182 valence electrons. The topological polar surface area (TPSA) is 52.7 Å². The van der Waals surface area contributed by atoms with Gasteiger partial charge in [-0.25, -0.2) is 0 Å². The number of anilines is 1. The molecule has 2 aromatic rings. The number of alkyl halides is 6. The molecule has 0 saturated carbocycles. The molecule has 2 fully saturated rings. The fraction of sp³-hybridized carbons (Fsp3) is 0.364. The second kappa shape index (κ2) is 8.37. The first-order valence-corrected chi connectivity index (χ1v) is 10.6. The molecular formula is C22H18ClF6N3O2. The van der Waals surface area contributed by atoms with Gasteiger partial charge >= 0.3 is 12.4 Å². The van der Waals surface area contributed by atoms with Gasteiger partial charge in [0.25, 0.3) is 5.91 Å². The van der Waals surface area contributed by atoms with Crippen molar-refractivity contribution in [2.24, 2.45) is 0 Å². The lowest BCUT2D eigenvalue weighted by atomic mass is 9.85. The standard InChI is InChI=1S/C22H18ClF6N3O2/c23-16-1-3-17(4-2-16)32-12-30-19(34)20(32)5-7-31(8-6-20)18(33)13-9-14(21(24,25)26)11-15(10-13)22(27,28)29/h1-4,9-11H,5-8,12H2,(H,30,34). The third-order valence-electron chi connectivity index (χ3n) is 6.19. The average molecular weight is 506 g/mol. The van der Waals surface area contributed by atoms with Gasteiger partial charge in [0.15, 0.2) is 0 Å². The number of nitrogens with one attached hydrogen (secondary N) is 1. The van der Waals surface area contributed by atoms with Crippen LogP contribution in [0.2, 0.25) is 5.02 Å². The van der Waals surface area contributed by atoms with E-state index in [4.69, 9.17) is 11.6 Å². The molecule has 1 N–H and O–H groups in total. The lowest BCUT2D eigenvalue weighted by molar-refractivity contribution is -0.143. The summed E-state index contributed by atoms with van der Waals surface area (Å²) >= 11 is 5.93. The highest BCUT2D eigenvalue weighted by Gasteiger charge is 2.51. The first-order valence-electron chi connectivity index (χ1n) is 10.2. The highest BCUT2D eigenvalue weighted by molar-refractivity contribution is 6.30. The molecule has 4 rings (SSSR count). The van der Waals surface area contributed by atoms with Crippen molar-refractivity contribution in [2.75, 3.05) is 24.7 Å². The summed E-state index contributed by atoms with van der Waals surface area (Å²) in [5.41, 5.74) is -4.08. The molecule has 2 aromatic carbocycles. The summed E-state index contributed by atoms with van der Waals surface area (Å²) in [7, 11) is 0. The van der Waals surface area contributed by atoms with Crippen molar-refractivity contribution in [3.63, 3.8) is 0 Å². The Hall–Kier alpha value is -2.95. The van der Waals surface area contributed by atoms with Crippen molar-refractivity contribution >= 4 is 29.1 Å². The number of carbonyl (C=O) groups is 2. The molecule has 34 heavy (non-hydrogen) atoms. The summed E-state index contributed by atoms with van der Waals surface area (Å²) in [5, 5.41) is 3.28. The van der Waals surface area contributed by atoms with E-state index in [0.717, 1.165) is 5.69 Å². The van der Waals surface area contributed by atoms with Crippen molar-refractivity contribution in [2.45, 2.75) is 30.7 Å². The third-order valence-corrected chi connectivity index (χ3v) is 6.44. The Morgan fingerprint density at radius 1 is 0.912 bits per heavy atom. The molecule has 0 radical (unpaired) electrons. The molecule has 0 aliphatic carbocycles. The number of likely N-dealkylation sites (tertiary alicyclic amines) is 1. The molecule has 2 aliphatic heterocycles. The minimum Gasteiger partial charge on any atom is -0.339 e. The number of amides is 2. The van der Waals surface area contributed by atoms with Crippen LogP contribution in [0.5, 0.6) is 0 Å². The van der Waals surface area contributed by atoms with Crippen LogP contribution >= 0.6 is 11.6 Å². The number of rotatable bonds is 2. The van der Waals surface area contributed by atoms with Crippen LogP contribution in [0.3, 0.4) is 0 Å². The number of hydrogen-bond donors (Lipinski definition) is 1. The second-order valence-electron chi connectivity index (χ2n) is 8.19. The van der Waals surface area contributed by atoms with E-state index in [0.29, 0.717) is 17.2 Å². The fourth-order valence-corrected chi connectivity index (χ4v) is 4.51. The Kier molecular flexibility index (Phi) is 5.95. The van der Waals surface area contributed by atoms with Crippen molar-refractivity contribution < 1.29 is 35.9 Å². The molecule has 0 aromatic heterocycles. The molecule has 0 atom stereocenters. The van der Waals surface area contributed by atoms with Gasteiger partial charge in [-0.1, -0.05) is 11.6 Å². The van der Waals surface area contributed by atoms with Gasteiger partial charge in [-0.2, -0.15) is 26.3 Å². The number of piperidine rings is 1. The monoisotopic (exact) mass is 505 g/mol. The quantitative estimate of drug-likeness (QED) is 0.588. The van der Waals surface area contributed by atoms with E-state index in [1.807, 2.05) is 4.90 Å². The SMILES string of the molecule is O=C(c1cc(C(F)(F)F)cc(C(F)(F)F)c1)N1CCC2(CC1)C(=O)NCN2c1ccc(Cl)cc1. The van der Waals surface area contributed by atoms with Crippen LogP contribution in [0.1, 0.15) is 34.3 Å². The average Bonchev–Trinajstić information content (AvgIpc) is 3.08. The first-order chi connectivity index (χ1) is 15.8. The smallest absolute Gasteiger partial charge is 0.339 e. The van der Waals surface area contributed by atoms with Gasteiger partial charge in [0.1, 0.15) is 5.54 Å². The van der Waals surface area contributed by atoms with E-state index < -0.39 is 40.5 Å².